The number of rotatable bonds is 6. The number of amides is 2. The van der Waals surface area contributed by atoms with Gasteiger partial charge in [0.1, 0.15) is 12.4 Å². The molecule has 2 aromatic carbocycles. The summed E-state index contributed by atoms with van der Waals surface area (Å²) in [5.74, 6) is -0.872. The number of anilines is 1. The van der Waals surface area contributed by atoms with Gasteiger partial charge in [-0.3, -0.25) is 14.5 Å². The maximum Gasteiger partial charge on any atom is 0.336 e. The van der Waals surface area contributed by atoms with E-state index in [1.165, 1.54) is 0 Å². The van der Waals surface area contributed by atoms with Crippen LogP contribution in [0.1, 0.15) is 53.5 Å². The van der Waals surface area contributed by atoms with E-state index in [1.54, 1.807) is 56.3 Å². The van der Waals surface area contributed by atoms with Gasteiger partial charge in [-0.05, 0) is 42.7 Å². The van der Waals surface area contributed by atoms with E-state index in [-0.39, 0.29) is 42.0 Å². The second-order valence-corrected chi connectivity index (χ2v) is 9.60. The third-order valence-electron chi connectivity index (χ3n) is 6.80. The number of hydrogen-bond donors (Lipinski definition) is 2. The summed E-state index contributed by atoms with van der Waals surface area (Å²) in [5, 5.41) is 12.5. The van der Waals surface area contributed by atoms with E-state index < -0.39 is 5.97 Å². The Balaban J connectivity index is 1.97. The van der Waals surface area contributed by atoms with Crippen molar-refractivity contribution in [2.24, 2.45) is 5.92 Å². The van der Waals surface area contributed by atoms with Gasteiger partial charge in [0, 0.05) is 51.9 Å². The Kier molecular flexibility index (Phi) is 9.66. The highest BCUT2D eigenvalue weighted by Crippen LogP contribution is 2.27. The first kappa shape index (κ1) is 28.1. The van der Waals surface area contributed by atoms with Gasteiger partial charge in [0.25, 0.3) is 5.91 Å². The summed E-state index contributed by atoms with van der Waals surface area (Å²) in [6, 6.07) is 12.0. The number of carbonyl (C=O) groups is 3. The molecule has 0 saturated carbocycles. The third-order valence-corrected chi connectivity index (χ3v) is 6.80. The van der Waals surface area contributed by atoms with Gasteiger partial charge in [0.2, 0.25) is 5.91 Å². The molecule has 1 aliphatic rings. The van der Waals surface area contributed by atoms with E-state index in [0.29, 0.717) is 43.1 Å². The SMILES string of the molecule is CCC(=O)Nc1ccc2c(c1)C(=O)N(C)C[C@H](OC)[C@H](C)CN(Cc1ccccc1C(=O)O)[C@H](C)CO2. The molecule has 0 radical (unpaired) electrons. The van der Waals surface area contributed by atoms with Crippen LogP contribution in [-0.2, 0) is 16.1 Å². The van der Waals surface area contributed by atoms with Crippen molar-refractivity contribution in [2.75, 3.05) is 39.2 Å². The van der Waals surface area contributed by atoms with Gasteiger partial charge in [-0.25, -0.2) is 4.79 Å². The maximum absolute atomic E-state index is 13.4. The summed E-state index contributed by atoms with van der Waals surface area (Å²) in [7, 11) is 3.35. The molecular weight excluding hydrogens is 474 g/mol. The maximum atomic E-state index is 13.4. The van der Waals surface area contributed by atoms with Crippen molar-refractivity contribution >= 4 is 23.5 Å². The monoisotopic (exact) mass is 511 g/mol. The molecule has 0 bridgehead atoms. The molecule has 2 amide bonds. The predicted octanol–water partition coefficient (Wildman–Crippen LogP) is 3.74. The van der Waals surface area contributed by atoms with Gasteiger partial charge < -0.3 is 24.8 Å². The lowest BCUT2D eigenvalue weighted by Crippen LogP contribution is -2.46. The summed E-state index contributed by atoms with van der Waals surface area (Å²) in [6.07, 6.45) is 0.0813. The summed E-state index contributed by atoms with van der Waals surface area (Å²) >= 11 is 0. The van der Waals surface area contributed by atoms with E-state index in [1.807, 2.05) is 19.1 Å². The highest BCUT2D eigenvalue weighted by molar-refractivity contribution is 5.99. The summed E-state index contributed by atoms with van der Waals surface area (Å²) in [6.45, 7) is 7.53. The largest absolute Gasteiger partial charge is 0.491 e. The van der Waals surface area contributed by atoms with Crippen molar-refractivity contribution in [3.8, 4) is 5.75 Å². The number of likely N-dealkylation sites (N-methyl/N-ethyl adjacent to an activating group) is 1. The van der Waals surface area contributed by atoms with Crippen LogP contribution >= 0.6 is 0 Å². The zero-order valence-electron chi connectivity index (χ0n) is 22.2. The summed E-state index contributed by atoms with van der Waals surface area (Å²) < 4.78 is 12.0. The molecule has 200 valence electrons. The van der Waals surface area contributed by atoms with Crippen molar-refractivity contribution in [1.82, 2.24) is 9.80 Å². The normalized spacial score (nSPS) is 21.3. The lowest BCUT2D eigenvalue weighted by molar-refractivity contribution is -0.115. The van der Waals surface area contributed by atoms with Crippen LogP contribution in [0.4, 0.5) is 5.69 Å². The number of fused-ring (bicyclic) bond motifs is 1. The second-order valence-electron chi connectivity index (χ2n) is 9.60. The molecule has 9 nitrogen and oxygen atoms in total. The third kappa shape index (κ3) is 7.08. The van der Waals surface area contributed by atoms with E-state index in [4.69, 9.17) is 9.47 Å². The van der Waals surface area contributed by atoms with E-state index in [0.717, 1.165) is 5.56 Å². The fourth-order valence-corrected chi connectivity index (χ4v) is 4.48. The van der Waals surface area contributed by atoms with Crippen molar-refractivity contribution in [3.63, 3.8) is 0 Å². The lowest BCUT2D eigenvalue weighted by Gasteiger charge is -2.36. The molecule has 0 unspecified atom stereocenters. The molecule has 0 spiro atoms. The van der Waals surface area contributed by atoms with Crippen LogP contribution in [-0.4, -0.2) is 78.7 Å². The van der Waals surface area contributed by atoms with Crippen molar-refractivity contribution in [2.45, 2.75) is 45.9 Å². The van der Waals surface area contributed by atoms with Crippen LogP contribution in [0.2, 0.25) is 0 Å². The average molecular weight is 512 g/mol. The van der Waals surface area contributed by atoms with Crippen molar-refractivity contribution < 1.29 is 29.0 Å². The Morgan fingerprint density at radius 1 is 1.16 bits per heavy atom. The molecule has 2 aromatic rings. The molecule has 37 heavy (non-hydrogen) atoms. The Morgan fingerprint density at radius 2 is 1.89 bits per heavy atom. The van der Waals surface area contributed by atoms with Crippen LogP contribution in [0, 0.1) is 5.92 Å². The molecule has 9 heteroatoms. The van der Waals surface area contributed by atoms with Crippen LogP contribution in [0.3, 0.4) is 0 Å². The number of carboxylic acid groups (broad SMARTS) is 1. The minimum Gasteiger partial charge on any atom is -0.491 e. The van der Waals surface area contributed by atoms with Crippen molar-refractivity contribution in [3.05, 3.63) is 59.2 Å². The minimum absolute atomic E-state index is 0.0359. The number of methoxy groups -OCH3 is 1. The molecule has 0 aliphatic carbocycles. The highest BCUT2D eigenvalue weighted by atomic mass is 16.5. The average Bonchev–Trinajstić information content (AvgIpc) is 2.89. The van der Waals surface area contributed by atoms with Crippen LogP contribution in [0.5, 0.6) is 5.75 Å². The number of carboxylic acids is 1. The number of aromatic carboxylic acids is 1. The number of hydrogen-bond acceptors (Lipinski definition) is 6. The lowest BCUT2D eigenvalue weighted by atomic mass is 10.00. The van der Waals surface area contributed by atoms with Gasteiger partial charge in [0.15, 0.2) is 0 Å². The fraction of sp³-hybridized carbons (Fsp3) is 0.464. The van der Waals surface area contributed by atoms with Crippen LogP contribution in [0.15, 0.2) is 42.5 Å². The Morgan fingerprint density at radius 3 is 2.57 bits per heavy atom. The molecule has 1 heterocycles. The first-order chi connectivity index (χ1) is 17.6. The first-order valence-corrected chi connectivity index (χ1v) is 12.5. The standard InChI is InChI=1S/C28H37N3O6/c1-6-26(32)29-21-11-12-24-23(13-21)27(33)30(4)16-25(36-5)18(2)14-31(19(3)17-37-24)15-20-9-7-8-10-22(20)28(34)35/h7-13,18-19,25H,6,14-17H2,1-5H3,(H,29,32)(H,34,35)/t18-,19-,25+/m1/s1. The molecule has 3 rings (SSSR count). The van der Waals surface area contributed by atoms with Gasteiger partial charge in [-0.2, -0.15) is 0 Å². The topological polar surface area (TPSA) is 108 Å². The number of nitrogens with one attached hydrogen (secondary N) is 1. The van der Waals surface area contributed by atoms with Crippen LogP contribution in [0.25, 0.3) is 0 Å². The van der Waals surface area contributed by atoms with E-state index >= 15 is 0 Å². The zero-order valence-corrected chi connectivity index (χ0v) is 22.2. The molecule has 2 N–H and O–H groups in total. The Labute approximate surface area is 218 Å². The minimum atomic E-state index is -0.961. The smallest absolute Gasteiger partial charge is 0.336 e. The highest BCUT2D eigenvalue weighted by Gasteiger charge is 2.29. The number of carbonyl (C=O) groups excluding carboxylic acids is 2. The molecular formula is C28H37N3O6. The van der Waals surface area contributed by atoms with Gasteiger partial charge in [-0.15, -0.1) is 0 Å². The first-order valence-electron chi connectivity index (χ1n) is 12.5. The Hall–Kier alpha value is -3.43. The number of benzene rings is 2. The summed E-state index contributed by atoms with van der Waals surface area (Å²) in [5.41, 5.74) is 1.88. The predicted molar refractivity (Wildman–Crippen MR) is 141 cm³/mol. The second kappa shape index (κ2) is 12.7. The molecule has 3 atom stereocenters. The van der Waals surface area contributed by atoms with E-state index in [2.05, 4.69) is 17.1 Å². The van der Waals surface area contributed by atoms with E-state index in [9.17, 15) is 19.5 Å². The summed E-state index contributed by atoms with van der Waals surface area (Å²) in [4.78, 5) is 40.9. The van der Waals surface area contributed by atoms with Gasteiger partial charge in [0.05, 0.1) is 17.2 Å². The van der Waals surface area contributed by atoms with Gasteiger partial charge in [-0.1, -0.05) is 32.0 Å². The molecule has 0 fully saturated rings. The van der Waals surface area contributed by atoms with Gasteiger partial charge >= 0.3 is 5.97 Å². The molecule has 0 aromatic heterocycles. The van der Waals surface area contributed by atoms with Crippen molar-refractivity contribution in [1.29, 1.82) is 0 Å². The van der Waals surface area contributed by atoms with Crippen LogP contribution < -0.4 is 10.1 Å². The number of nitrogens with zero attached hydrogens (tertiary/aromatic N) is 2. The fourth-order valence-electron chi connectivity index (χ4n) is 4.48. The molecule has 0 saturated heterocycles. The number of ether oxygens (including phenoxy) is 2. The zero-order chi connectivity index (χ0) is 27.1. The molecule has 1 aliphatic heterocycles. The Bertz CT molecular complexity index is 1120. The quantitative estimate of drug-likeness (QED) is 0.608.